The Bertz CT molecular complexity index is 1050. The lowest BCUT2D eigenvalue weighted by Gasteiger charge is -2.21. The highest BCUT2D eigenvalue weighted by Crippen LogP contribution is 2.33. The quantitative estimate of drug-likeness (QED) is 0.769. The fourth-order valence-corrected chi connectivity index (χ4v) is 4.90. The third-order valence-electron chi connectivity index (χ3n) is 5.11. The molecule has 0 bridgehead atoms. The van der Waals surface area contributed by atoms with Gasteiger partial charge in [0.25, 0.3) is 10.0 Å². The number of aryl methyl sites for hydroxylation is 2. The van der Waals surface area contributed by atoms with Crippen molar-refractivity contribution < 1.29 is 8.42 Å². The predicted molar refractivity (Wildman–Crippen MR) is 103 cm³/mol. The van der Waals surface area contributed by atoms with Gasteiger partial charge in [-0.05, 0) is 63.5 Å². The van der Waals surface area contributed by atoms with E-state index in [4.69, 9.17) is 0 Å². The van der Waals surface area contributed by atoms with Gasteiger partial charge >= 0.3 is 0 Å². The number of hydrogen-bond donors (Lipinski definition) is 1. The zero-order chi connectivity index (χ0) is 18.3. The molecule has 0 spiro atoms. The van der Waals surface area contributed by atoms with Crippen LogP contribution in [0.2, 0.25) is 0 Å². The second kappa shape index (κ2) is 6.52. The third-order valence-corrected chi connectivity index (χ3v) is 6.71. The van der Waals surface area contributed by atoms with E-state index in [0.29, 0.717) is 5.52 Å². The minimum absolute atomic E-state index is 0.269. The summed E-state index contributed by atoms with van der Waals surface area (Å²) in [6, 6.07) is 12.9. The molecule has 0 saturated carbocycles. The second-order valence-corrected chi connectivity index (χ2v) is 8.86. The monoisotopic (exact) mass is 369 g/mol. The lowest BCUT2D eigenvalue weighted by atomic mass is 9.92. The number of rotatable bonds is 3. The fourth-order valence-electron chi connectivity index (χ4n) is 3.61. The van der Waals surface area contributed by atoms with Gasteiger partial charge in [-0.15, -0.1) is 0 Å². The summed E-state index contributed by atoms with van der Waals surface area (Å²) < 4.78 is 27.7. The first kappa shape index (κ1) is 17.2. The van der Waals surface area contributed by atoms with Gasteiger partial charge in [-0.2, -0.15) is 17.6 Å². The van der Waals surface area contributed by atoms with Crippen LogP contribution in [-0.4, -0.2) is 30.7 Å². The summed E-state index contributed by atoms with van der Waals surface area (Å²) in [5, 5.41) is 8.93. The molecule has 1 aromatic heterocycles. The van der Waals surface area contributed by atoms with Gasteiger partial charge < -0.3 is 5.32 Å². The highest BCUT2D eigenvalue weighted by atomic mass is 32.2. The third kappa shape index (κ3) is 2.93. The van der Waals surface area contributed by atoms with Crippen molar-refractivity contribution >= 4 is 20.9 Å². The lowest BCUT2D eigenvalue weighted by molar-refractivity contribution is 0.453. The summed E-state index contributed by atoms with van der Waals surface area (Å²) in [6.07, 6.45) is 1.95. The average molecular weight is 369 g/mol. The maximum Gasteiger partial charge on any atom is 0.283 e. The first-order valence-electron chi connectivity index (χ1n) is 8.99. The Morgan fingerprint density at radius 1 is 1.00 bits per heavy atom. The number of aromatic nitrogens is 2. The second-order valence-electron chi connectivity index (χ2n) is 7.09. The molecule has 136 valence electrons. The van der Waals surface area contributed by atoms with Gasteiger partial charge in [-0.1, -0.05) is 29.8 Å². The van der Waals surface area contributed by atoms with Crippen LogP contribution in [0.1, 0.15) is 35.6 Å². The Labute approximate surface area is 154 Å². The van der Waals surface area contributed by atoms with Crippen molar-refractivity contribution in [2.75, 3.05) is 13.1 Å². The summed E-state index contributed by atoms with van der Waals surface area (Å²) in [4.78, 5) is 0.269. The van der Waals surface area contributed by atoms with E-state index in [1.807, 2.05) is 44.2 Å². The minimum atomic E-state index is -3.73. The molecule has 1 aliphatic rings. The molecule has 2 heterocycles. The molecule has 1 aliphatic heterocycles. The summed E-state index contributed by atoms with van der Waals surface area (Å²) >= 11 is 0. The maximum absolute atomic E-state index is 13.3. The molecule has 1 N–H and O–H groups in total. The molecule has 3 aromatic rings. The van der Waals surface area contributed by atoms with Crippen molar-refractivity contribution in [1.82, 2.24) is 14.5 Å². The molecular formula is C20H23N3O2S. The zero-order valence-corrected chi connectivity index (χ0v) is 15.9. The Kier molecular flexibility index (Phi) is 4.32. The zero-order valence-electron chi connectivity index (χ0n) is 15.1. The molecule has 5 nitrogen and oxygen atoms in total. The predicted octanol–water partition coefficient (Wildman–Crippen LogP) is 3.36. The molecule has 1 fully saturated rings. The lowest BCUT2D eigenvalue weighted by Crippen LogP contribution is -2.27. The van der Waals surface area contributed by atoms with Gasteiger partial charge in [-0.3, -0.25) is 0 Å². The van der Waals surface area contributed by atoms with E-state index in [9.17, 15) is 8.42 Å². The first-order chi connectivity index (χ1) is 12.5. The van der Waals surface area contributed by atoms with Crippen LogP contribution in [0.25, 0.3) is 10.9 Å². The van der Waals surface area contributed by atoms with E-state index in [0.717, 1.165) is 48.1 Å². The standard InChI is InChI=1S/C20H23N3O2S/c1-14-3-6-17(7-4-14)26(24,25)23-19-13-15(2)5-8-18(19)20(22-23)16-9-11-21-12-10-16/h3-8,13,16,21H,9-12H2,1-2H3. The van der Waals surface area contributed by atoms with Crippen LogP contribution in [0, 0.1) is 13.8 Å². The van der Waals surface area contributed by atoms with Gasteiger partial charge in [0.15, 0.2) is 0 Å². The molecule has 4 rings (SSSR count). The Balaban J connectivity index is 1.91. The van der Waals surface area contributed by atoms with Gasteiger partial charge in [-0.25, -0.2) is 0 Å². The molecular weight excluding hydrogens is 346 g/mol. The van der Waals surface area contributed by atoms with E-state index >= 15 is 0 Å². The summed E-state index contributed by atoms with van der Waals surface area (Å²) in [5.74, 6) is 0.288. The maximum atomic E-state index is 13.3. The van der Waals surface area contributed by atoms with Crippen LogP contribution in [0.5, 0.6) is 0 Å². The van der Waals surface area contributed by atoms with Crippen molar-refractivity contribution in [3.05, 3.63) is 59.3 Å². The molecule has 0 atom stereocenters. The molecule has 1 saturated heterocycles. The van der Waals surface area contributed by atoms with Crippen molar-refractivity contribution in [2.24, 2.45) is 0 Å². The van der Waals surface area contributed by atoms with E-state index in [-0.39, 0.29) is 10.8 Å². The van der Waals surface area contributed by atoms with Crippen LogP contribution in [0.3, 0.4) is 0 Å². The van der Waals surface area contributed by atoms with Crippen molar-refractivity contribution in [3.63, 3.8) is 0 Å². The topological polar surface area (TPSA) is 64.0 Å². The van der Waals surface area contributed by atoms with E-state index in [2.05, 4.69) is 10.4 Å². The molecule has 26 heavy (non-hydrogen) atoms. The van der Waals surface area contributed by atoms with Crippen LogP contribution >= 0.6 is 0 Å². The molecule has 6 heteroatoms. The highest BCUT2D eigenvalue weighted by Gasteiger charge is 2.27. The van der Waals surface area contributed by atoms with E-state index in [1.54, 1.807) is 12.1 Å². The van der Waals surface area contributed by atoms with Crippen molar-refractivity contribution in [2.45, 2.75) is 37.5 Å². The number of fused-ring (bicyclic) bond motifs is 1. The summed E-state index contributed by atoms with van der Waals surface area (Å²) in [5.41, 5.74) is 3.62. The highest BCUT2D eigenvalue weighted by molar-refractivity contribution is 7.90. The largest absolute Gasteiger partial charge is 0.317 e. The average Bonchev–Trinajstić information content (AvgIpc) is 3.02. The Morgan fingerprint density at radius 3 is 2.35 bits per heavy atom. The number of piperidine rings is 1. The van der Waals surface area contributed by atoms with Crippen LogP contribution in [-0.2, 0) is 10.0 Å². The van der Waals surface area contributed by atoms with Crippen molar-refractivity contribution in [1.29, 1.82) is 0 Å². The summed E-state index contributed by atoms with van der Waals surface area (Å²) in [7, 11) is -3.73. The normalized spacial score (nSPS) is 16.2. The molecule has 0 aliphatic carbocycles. The van der Waals surface area contributed by atoms with Gasteiger partial charge in [0.1, 0.15) is 0 Å². The Morgan fingerprint density at radius 2 is 1.65 bits per heavy atom. The van der Waals surface area contributed by atoms with Gasteiger partial charge in [0.2, 0.25) is 0 Å². The SMILES string of the molecule is Cc1ccc(S(=O)(=O)n2nc(C3CCNCC3)c3ccc(C)cc32)cc1. The minimum Gasteiger partial charge on any atom is -0.317 e. The van der Waals surface area contributed by atoms with Crippen LogP contribution < -0.4 is 5.32 Å². The molecule has 0 unspecified atom stereocenters. The van der Waals surface area contributed by atoms with E-state index < -0.39 is 10.0 Å². The van der Waals surface area contributed by atoms with Gasteiger partial charge in [0.05, 0.1) is 16.1 Å². The molecule has 2 aromatic carbocycles. The van der Waals surface area contributed by atoms with Crippen LogP contribution in [0.15, 0.2) is 47.4 Å². The number of hydrogen-bond acceptors (Lipinski definition) is 4. The smallest absolute Gasteiger partial charge is 0.283 e. The van der Waals surface area contributed by atoms with Crippen LogP contribution in [0.4, 0.5) is 0 Å². The number of benzene rings is 2. The summed E-state index contributed by atoms with van der Waals surface area (Å²) in [6.45, 7) is 5.79. The number of nitrogens with one attached hydrogen (secondary N) is 1. The number of nitrogens with zero attached hydrogens (tertiary/aromatic N) is 2. The Hall–Kier alpha value is -2.18. The van der Waals surface area contributed by atoms with E-state index in [1.165, 1.54) is 4.09 Å². The fraction of sp³-hybridized carbons (Fsp3) is 0.350. The van der Waals surface area contributed by atoms with Crippen molar-refractivity contribution in [3.8, 4) is 0 Å². The first-order valence-corrected chi connectivity index (χ1v) is 10.4. The molecule has 0 amide bonds. The van der Waals surface area contributed by atoms with Gasteiger partial charge in [0, 0.05) is 11.3 Å². The molecule has 0 radical (unpaired) electrons.